The van der Waals surface area contributed by atoms with Gasteiger partial charge < -0.3 is 21.4 Å². The van der Waals surface area contributed by atoms with Crippen molar-refractivity contribution >= 4 is 29.4 Å². The summed E-state index contributed by atoms with van der Waals surface area (Å²) >= 11 is 0. The Hall–Kier alpha value is -3.56. The average Bonchev–Trinajstić information content (AvgIpc) is 2.64. The first-order valence-electron chi connectivity index (χ1n) is 7.76. The van der Waals surface area contributed by atoms with Crippen molar-refractivity contribution in [3.05, 3.63) is 35.0 Å². The van der Waals surface area contributed by atoms with Crippen LogP contribution in [0.4, 0.5) is 49.5 Å². The highest BCUT2D eigenvalue weighted by atomic mass is 19.4. The summed E-state index contributed by atoms with van der Waals surface area (Å²) in [6.45, 7) is -0.331. The predicted octanol–water partition coefficient (Wildman–Crippen LogP) is 4.23. The van der Waals surface area contributed by atoms with Crippen molar-refractivity contribution in [1.82, 2.24) is 9.97 Å². The van der Waals surface area contributed by atoms with Crippen molar-refractivity contribution in [3.63, 3.8) is 0 Å². The molecule has 1 aromatic carbocycles. The van der Waals surface area contributed by atoms with Gasteiger partial charge >= 0.3 is 12.4 Å². The molecule has 0 saturated heterocycles. The zero-order valence-corrected chi connectivity index (χ0v) is 14.6. The average molecular weight is 417 g/mol. The van der Waals surface area contributed by atoms with Gasteiger partial charge in [-0.3, -0.25) is 0 Å². The summed E-state index contributed by atoms with van der Waals surface area (Å²) in [6, 6.07) is 3.09. The normalized spacial score (nSPS) is 11.5. The fourth-order valence-corrected chi connectivity index (χ4v) is 2.32. The largest absolute Gasteiger partial charge is 0.421 e. The van der Waals surface area contributed by atoms with Crippen LogP contribution in [0.25, 0.3) is 0 Å². The van der Waals surface area contributed by atoms with Crippen LogP contribution in [0.5, 0.6) is 0 Å². The van der Waals surface area contributed by atoms with Crippen LogP contribution in [0.3, 0.4) is 0 Å². The molecule has 0 atom stereocenters. The van der Waals surface area contributed by atoms with Gasteiger partial charge in [-0.05, 0) is 12.1 Å². The molecule has 2 rings (SSSR count). The molecule has 0 bridgehead atoms. The number of alkyl halides is 6. The quantitative estimate of drug-likeness (QED) is 0.318. The number of halogens is 6. The standard InChI is InChI=1S/C16H13F6N7/c1-25-13-10(16(20,21)22)7-27-14(29-13)28-12-5-8(15(17,18)19)4-11(9(12)6-24)26-3-2-23/h4-7,24,26H,3H2,1H3,(H2,25,27,28,29). The monoisotopic (exact) mass is 417 g/mol. The number of nitrogens with one attached hydrogen (secondary N) is 4. The number of rotatable bonds is 6. The number of hydrogen-bond acceptors (Lipinski definition) is 7. The highest BCUT2D eigenvalue weighted by Gasteiger charge is 2.35. The van der Waals surface area contributed by atoms with Gasteiger partial charge in [-0.1, -0.05) is 0 Å². The lowest BCUT2D eigenvalue weighted by Gasteiger charge is -2.18. The van der Waals surface area contributed by atoms with Crippen LogP contribution in [0.2, 0.25) is 0 Å². The fraction of sp³-hybridized carbons (Fsp3) is 0.250. The second-order valence-electron chi connectivity index (χ2n) is 5.47. The molecule has 0 aliphatic heterocycles. The van der Waals surface area contributed by atoms with E-state index >= 15 is 0 Å². The molecule has 0 spiro atoms. The van der Waals surface area contributed by atoms with E-state index in [0.717, 1.165) is 12.3 Å². The Morgan fingerprint density at radius 3 is 2.31 bits per heavy atom. The van der Waals surface area contributed by atoms with Gasteiger partial charge in [0.05, 0.1) is 17.3 Å². The van der Waals surface area contributed by atoms with Gasteiger partial charge in [-0.25, -0.2) is 4.98 Å². The van der Waals surface area contributed by atoms with E-state index < -0.39 is 35.2 Å². The van der Waals surface area contributed by atoms with Crippen LogP contribution >= 0.6 is 0 Å². The van der Waals surface area contributed by atoms with Crippen LogP contribution in [0.1, 0.15) is 16.7 Å². The van der Waals surface area contributed by atoms with Gasteiger partial charge in [0.15, 0.2) is 0 Å². The van der Waals surface area contributed by atoms with Crippen LogP contribution in [-0.2, 0) is 12.4 Å². The van der Waals surface area contributed by atoms with E-state index in [1.165, 1.54) is 7.05 Å². The van der Waals surface area contributed by atoms with E-state index in [0.29, 0.717) is 12.3 Å². The summed E-state index contributed by atoms with van der Waals surface area (Å²) in [4.78, 5) is 7.13. The third kappa shape index (κ3) is 5.03. The maximum Gasteiger partial charge on any atom is 0.421 e. The van der Waals surface area contributed by atoms with E-state index in [4.69, 9.17) is 10.7 Å². The highest BCUT2D eigenvalue weighted by Crippen LogP contribution is 2.37. The number of anilines is 4. The Morgan fingerprint density at radius 1 is 1.14 bits per heavy atom. The Morgan fingerprint density at radius 2 is 1.79 bits per heavy atom. The van der Waals surface area contributed by atoms with E-state index in [1.54, 1.807) is 6.07 Å². The number of benzene rings is 1. The second kappa shape index (κ2) is 8.21. The first-order chi connectivity index (χ1) is 13.5. The zero-order valence-electron chi connectivity index (χ0n) is 14.6. The van der Waals surface area contributed by atoms with E-state index in [9.17, 15) is 26.3 Å². The lowest BCUT2D eigenvalue weighted by atomic mass is 10.1. The summed E-state index contributed by atoms with van der Waals surface area (Å²) in [6.07, 6.45) is -8.28. The van der Waals surface area contributed by atoms with Gasteiger partial charge in [0, 0.05) is 30.7 Å². The molecule has 7 nitrogen and oxygen atoms in total. The molecule has 2 aromatic rings. The smallest absolute Gasteiger partial charge is 0.372 e. The molecule has 13 heteroatoms. The molecule has 0 aliphatic rings. The summed E-state index contributed by atoms with van der Waals surface area (Å²) < 4.78 is 78.4. The minimum atomic E-state index is -4.75. The van der Waals surface area contributed by atoms with Crippen molar-refractivity contribution in [3.8, 4) is 6.07 Å². The Balaban J connectivity index is 2.56. The van der Waals surface area contributed by atoms with E-state index in [-0.39, 0.29) is 23.5 Å². The third-order valence-electron chi connectivity index (χ3n) is 3.59. The topological polar surface area (TPSA) is 110 Å². The number of hydrogen-bond donors (Lipinski definition) is 4. The van der Waals surface area contributed by atoms with Crippen molar-refractivity contribution in [2.24, 2.45) is 0 Å². The second-order valence-corrected chi connectivity index (χ2v) is 5.47. The molecule has 29 heavy (non-hydrogen) atoms. The van der Waals surface area contributed by atoms with Crippen LogP contribution < -0.4 is 16.0 Å². The van der Waals surface area contributed by atoms with Crippen LogP contribution in [0.15, 0.2) is 18.3 Å². The van der Waals surface area contributed by atoms with Crippen molar-refractivity contribution in [2.45, 2.75) is 12.4 Å². The first-order valence-corrected chi connectivity index (χ1v) is 7.76. The van der Waals surface area contributed by atoms with Gasteiger partial charge in [0.2, 0.25) is 5.95 Å². The molecule has 0 amide bonds. The van der Waals surface area contributed by atoms with Crippen molar-refractivity contribution in [2.75, 3.05) is 29.5 Å². The molecule has 0 saturated carbocycles. The van der Waals surface area contributed by atoms with Crippen molar-refractivity contribution < 1.29 is 26.3 Å². The molecule has 4 N–H and O–H groups in total. The highest BCUT2D eigenvalue weighted by molar-refractivity contribution is 5.95. The molecule has 0 unspecified atom stereocenters. The van der Waals surface area contributed by atoms with Gasteiger partial charge in [0.25, 0.3) is 0 Å². The molecule has 0 fully saturated rings. The fourth-order valence-electron chi connectivity index (χ4n) is 2.32. The zero-order chi connectivity index (χ0) is 21.8. The van der Waals surface area contributed by atoms with E-state index in [1.807, 2.05) is 0 Å². The molecule has 0 aliphatic carbocycles. The molecular formula is C16H13F6N7. The maximum absolute atomic E-state index is 13.2. The third-order valence-corrected chi connectivity index (χ3v) is 3.59. The van der Waals surface area contributed by atoms with Gasteiger partial charge in [0.1, 0.15) is 17.9 Å². The summed E-state index contributed by atoms with van der Waals surface area (Å²) in [5, 5.41) is 23.2. The summed E-state index contributed by atoms with van der Waals surface area (Å²) in [7, 11) is 1.19. The minimum Gasteiger partial charge on any atom is -0.372 e. The predicted molar refractivity (Wildman–Crippen MR) is 93.3 cm³/mol. The minimum absolute atomic E-state index is 0.0669. The Labute approximate surface area is 160 Å². The molecule has 1 aromatic heterocycles. The maximum atomic E-state index is 13.2. The number of aromatic nitrogens is 2. The molecular weight excluding hydrogens is 404 g/mol. The summed E-state index contributed by atoms with van der Waals surface area (Å²) in [5.74, 6) is -1.00. The SMILES string of the molecule is CNc1nc(Nc2cc(C(F)(F)F)cc(NCC#N)c2C=N)ncc1C(F)(F)F. The summed E-state index contributed by atoms with van der Waals surface area (Å²) in [5.41, 5.74) is -2.77. The lowest BCUT2D eigenvalue weighted by Crippen LogP contribution is -2.14. The van der Waals surface area contributed by atoms with Crippen molar-refractivity contribution in [1.29, 1.82) is 10.7 Å². The molecule has 1 heterocycles. The van der Waals surface area contributed by atoms with E-state index in [2.05, 4.69) is 25.9 Å². The van der Waals surface area contributed by atoms with Crippen LogP contribution in [-0.4, -0.2) is 29.8 Å². The number of nitriles is 1. The molecule has 0 radical (unpaired) electrons. The van der Waals surface area contributed by atoms with Gasteiger partial charge in [-0.15, -0.1) is 0 Å². The van der Waals surface area contributed by atoms with Crippen LogP contribution in [0, 0.1) is 16.7 Å². The molecule has 154 valence electrons. The lowest BCUT2D eigenvalue weighted by molar-refractivity contribution is -0.138. The number of nitrogens with zero attached hydrogens (tertiary/aromatic N) is 3. The Bertz CT molecular complexity index is 946. The Kier molecular flexibility index (Phi) is 6.15. The first kappa shape index (κ1) is 21.7. The van der Waals surface area contributed by atoms with Gasteiger partial charge in [-0.2, -0.15) is 36.6 Å².